The molecule has 3 rings (SSSR count). The van der Waals surface area contributed by atoms with E-state index in [-0.39, 0.29) is 22.5 Å². The van der Waals surface area contributed by atoms with Crippen molar-refractivity contribution in [3.63, 3.8) is 0 Å². The van der Waals surface area contributed by atoms with Gasteiger partial charge in [-0.1, -0.05) is 29.8 Å². The largest absolute Gasteiger partial charge is 0.481 e. The molecule has 2 N–H and O–H groups in total. The molecule has 0 atom stereocenters. The molecule has 0 bridgehead atoms. The summed E-state index contributed by atoms with van der Waals surface area (Å²) in [5.41, 5.74) is 1.15. The Morgan fingerprint density at radius 2 is 1.83 bits per heavy atom. The zero-order valence-electron chi connectivity index (χ0n) is 15.7. The van der Waals surface area contributed by atoms with Crippen molar-refractivity contribution in [3.8, 4) is 5.88 Å². The lowest BCUT2D eigenvalue weighted by Crippen LogP contribution is -2.14. The van der Waals surface area contributed by atoms with E-state index in [1.54, 1.807) is 24.3 Å². The van der Waals surface area contributed by atoms with Gasteiger partial charge < -0.3 is 10.1 Å². The number of hydrogen-bond donors (Lipinski definition) is 2. The van der Waals surface area contributed by atoms with Crippen LogP contribution in [0.5, 0.6) is 5.88 Å². The third-order valence-corrected chi connectivity index (χ3v) is 5.56. The number of methoxy groups -OCH3 is 1. The molecule has 30 heavy (non-hydrogen) atoms. The van der Waals surface area contributed by atoms with Gasteiger partial charge in [-0.25, -0.2) is 18.4 Å². The first-order chi connectivity index (χ1) is 14.4. The second-order valence-corrected chi connectivity index (χ2v) is 8.01. The average Bonchev–Trinajstić information content (AvgIpc) is 2.73. The highest BCUT2D eigenvalue weighted by Gasteiger charge is 2.15. The van der Waals surface area contributed by atoms with Gasteiger partial charge in [0.25, 0.3) is 10.0 Å². The highest BCUT2D eigenvalue weighted by atomic mass is 35.5. The Morgan fingerprint density at radius 3 is 2.53 bits per heavy atom. The normalized spacial score (nSPS) is 11.3. The van der Waals surface area contributed by atoms with Gasteiger partial charge in [0.1, 0.15) is 12.1 Å². The first-order valence-corrected chi connectivity index (χ1v) is 10.5. The predicted octanol–water partition coefficient (Wildman–Crippen LogP) is 3.59. The summed E-state index contributed by atoms with van der Waals surface area (Å²) < 4.78 is 32.3. The van der Waals surface area contributed by atoms with Gasteiger partial charge in [-0.05, 0) is 42.0 Å². The molecule has 2 aromatic carbocycles. The maximum atomic E-state index is 12.5. The molecule has 0 saturated carbocycles. The average molecular weight is 445 g/mol. The molecule has 0 aliphatic rings. The second kappa shape index (κ2) is 9.38. The van der Waals surface area contributed by atoms with Crippen molar-refractivity contribution >= 4 is 45.1 Å². The molecular formula is C20H17ClN4O4S. The van der Waals surface area contributed by atoms with Gasteiger partial charge in [-0.3, -0.25) is 9.52 Å². The highest BCUT2D eigenvalue weighted by molar-refractivity contribution is 7.92. The predicted molar refractivity (Wildman–Crippen MR) is 115 cm³/mol. The van der Waals surface area contributed by atoms with Gasteiger partial charge in [0, 0.05) is 22.9 Å². The fourth-order valence-corrected chi connectivity index (χ4v) is 3.58. The number of rotatable bonds is 7. The van der Waals surface area contributed by atoms with Gasteiger partial charge in [0.2, 0.25) is 11.8 Å². The summed E-state index contributed by atoms with van der Waals surface area (Å²) in [5, 5.41) is 3.19. The first kappa shape index (κ1) is 21.3. The molecular weight excluding hydrogens is 428 g/mol. The number of nitrogens with zero attached hydrogens (tertiary/aromatic N) is 2. The number of sulfonamides is 1. The monoisotopic (exact) mass is 444 g/mol. The molecule has 0 saturated heterocycles. The molecule has 0 radical (unpaired) electrons. The minimum absolute atomic E-state index is 0.00434. The number of halogens is 1. The Balaban J connectivity index is 1.66. The molecule has 0 aliphatic carbocycles. The molecule has 0 spiro atoms. The quantitative estimate of drug-likeness (QED) is 0.539. The van der Waals surface area contributed by atoms with Crippen LogP contribution in [0.2, 0.25) is 5.02 Å². The molecule has 10 heteroatoms. The minimum Gasteiger partial charge on any atom is -0.481 e. The molecule has 0 unspecified atom stereocenters. The third kappa shape index (κ3) is 5.56. The molecule has 0 fully saturated rings. The van der Waals surface area contributed by atoms with E-state index in [1.165, 1.54) is 49.8 Å². The van der Waals surface area contributed by atoms with Crippen molar-refractivity contribution in [1.82, 2.24) is 9.97 Å². The van der Waals surface area contributed by atoms with Crippen LogP contribution in [0.3, 0.4) is 0 Å². The molecule has 3 aromatic rings. The van der Waals surface area contributed by atoms with Crippen molar-refractivity contribution in [3.05, 3.63) is 77.6 Å². The fourth-order valence-electron chi connectivity index (χ4n) is 2.38. The maximum absolute atomic E-state index is 12.5. The Hall–Kier alpha value is -3.43. The van der Waals surface area contributed by atoms with E-state index in [0.29, 0.717) is 16.3 Å². The summed E-state index contributed by atoms with van der Waals surface area (Å²) >= 11 is 6.04. The lowest BCUT2D eigenvalue weighted by atomic mass is 10.2. The van der Waals surface area contributed by atoms with Crippen molar-refractivity contribution < 1.29 is 17.9 Å². The molecule has 0 aliphatic heterocycles. The fraction of sp³-hybridized carbons (Fsp3) is 0.0500. The van der Waals surface area contributed by atoms with E-state index >= 15 is 0 Å². The number of carbonyl (C=O) groups is 1. The third-order valence-electron chi connectivity index (χ3n) is 3.84. The van der Waals surface area contributed by atoms with Crippen molar-refractivity contribution in [2.75, 3.05) is 17.1 Å². The Labute approximate surface area is 178 Å². The maximum Gasteiger partial charge on any atom is 0.263 e. The van der Waals surface area contributed by atoms with E-state index in [9.17, 15) is 13.2 Å². The summed E-state index contributed by atoms with van der Waals surface area (Å²) in [7, 11) is -2.46. The van der Waals surface area contributed by atoms with Crippen molar-refractivity contribution in [1.29, 1.82) is 0 Å². The number of benzene rings is 2. The summed E-state index contributed by atoms with van der Waals surface area (Å²) in [4.78, 5) is 19.8. The van der Waals surface area contributed by atoms with Crippen molar-refractivity contribution in [2.45, 2.75) is 4.90 Å². The van der Waals surface area contributed by atoms with E-state index in [4.69, 9.17) is 16.3 Å². The van der Waals surface area contributed by atoms with Gasteiger partial charge in [0.15, 0.2) is 0 Å². The SMILES string of the molecule is COc1cc(NS(=O)(=O)c2ccc(NC(=O)/C=C/c3ccccc3Cl)cc2)ncn1. The zero-order valence-corrected chi connectivity index (χ0v) is 17.3. The molecule has 154 valence electrons. The number of amides is 1. The number of ether oxygens (including phenoxy) is 1. The summed E-state index contributed by atoms with van der Waals surface area (Å²) in [6.07, 6.45) is 4.12. The lowest BCUT2D eigenvalue weighted by molar-refractivity contribution is -0.111. The number of hydrogen-bond acceptors (Lipinski definition) is 6. The summed E-state index contributed by atoms with van der Waals surface area (Å²) in [5.74, 6) is -0.0775. The molecule has 1 heterocycles. The van der Waals surface area contributed by atoms with Crippen LogP contribution < -0.4 is 14.8 Å². The van der Waals surface area contributed by atoms with E-state index in [2.05, 4.69) is 20.0 Å². The van der Waals surface area contributed by atoms with Crippen LogP contribution in [-0.2, 0) is 14.8 Å². The van der Waals surface area contributed by atoms with Crippen molar-refractivity contribution in [2.24, 2.45) is 0 Å². The highest BCUT2D eigenvalue weighted by Crippen LogP contribution is 2.19. The van der Waals surface area contributed by atoms with Crippen LogP contribution in [-0.4, -0.2) is 31.4 Å². The zero-order chi connectivity index (χ0) is 21.6. The molecule has 8 nitrogen and oxygen atoms in total. The first-order valence-electron chi connectivity index (χ1n) is 8.60. The Morgan fingerprint density at radius 1 is 1.10 bits per heavy atom. The second-order valence-electron chi connectivity index (χ2n) is 5.92. The van der Waals surface area contributed by atoms with Gasteiger partial charge >= 0.3 is 0 Å². The standard InChI is InChI=1S/C20H17ClN4O4S/c1-29-20-12-18(22-13-23-20)25-30(27,28)16-9-7-15(8-10-16)24-19(26)11-6-14-4-2-3-5-17(14)21/h2-13H,1H3,(H,24,26)(H,22,23,25)/b11-6+. The number of aromatic nitrogens is 2. The van der Waals surface area contributed by atoms with Crippen LogP contribution in [0.25, 0.3) is 6.08 Å². The summed E-state index contributed by atoms with van der Waals surface area (Å²) in [6.45, 7) is 0. The number of nitrogens with one attached hydrogen (secondary N) is 2. The van der Waals surface area contributed by atoms with Crippen LogP contribution in [0.15, 0.2) is 71.9 Å². The van der Waals surface area contributed by atoms with E-state index in [1.807, 2.05) is 6.07 Å². The minimum atomic E-state index is -3.87. The Kier molecular flexibility index (Phi) is 6.65. The van der Waals surface area contributed by atoms with E-state index in [0.717, 1.165) is 0 Å². The van der Waals surface area contributed by atoms with Gasteiger partial charge in [-0.2, -0.15) is 0 Å². The topological polar surface area (TPSA) is 110 Å². The van der Waals surface area contributed by atoms with Crippen LogP contribution in [0, 0.1) is 0 Å². The Bertz CT molecular complexity index is 1180. The summed E-state index contributed by atoms with van der Waals surface area (Å²) in [6, 6.07) is 14.2. The molecule has 1 amide bonds. The number of carbonyl (C=O) groups excluding carboxylic acids is 1. The smallest absolute Gasteiger partial charge is 0.263 e. The van der Waals surface area contributed by atoms with Gasteiger partial charge in [-0.15, -0.1) is 0 Å². The van der Waals surface area contributed by atoms with E-state index < -0.39 is 10.0 Å². The van der Waals surface area contributed by atoms with Crippen LogP contribution in [0.1, 0.15) is 5.56 Å². The van der Waals surface area contributed by atoms with Crippen LogP contribution >= 0.6 is 11.6 Å². The lowest BCUT2D eigenvalue weighted by Gasteiger charge is -2.09. The number of anilines is 2. The molecule has 1 aromatic heterocycles. The van der Waals surface area contributed by atoms with Crippen LogP contribution in [0.4, 0.5) is 11.5 Å². The van der Waals surface area contributed by atoms with Gasteiger partial charge in [0.05, 0.1) is 12.0 Å².